The van der Waals surface area contributed by atoms with Crippen LogP contribution in [0, 0.1) is 0 Å². The maximum absolute atomic E-state index is 12.2. The fourth-order valence-electron chi connectivity index (χ4n) is 2.37. The van der Waals surface area contributed by atoms with Crippen LogP contribution in [0.1, 0.15) is 59.8 Å². The van der Waals surface area contributed by atoms with Gasteiger partial charge in [-0.3, -0.25) is 9.69 Å². The molecule has 1 heterocycles. The van der Waals surface area contributed by atoms with Crippen molar-refractivity contribution in [1.29, 1.82) is 0 Å². The van der Waals surface area contributed by atoms with Crippen molar-refractivity contribution < 1.29 is 4.79 Å². The fourth-order valence-corrected chi connectivity index (χ4v) is 2.37. The van der Waals surface area contributed by atoms with Gasteiger partial charge in [-0.15, -0.1) is 0 Å². The Hall–Kier alpha value is -0.570. The zero-order chi connectivity index (χ0) is 12.9. The van der Waals surface area contributed by atoms with Gasteiger partial charge in [-0.25, -0.2) is 0 Å². The Labute approximate surface area is 106 Å². The lowest BCUT2D eigenvalue weighted by molar-refractivity contribution is -0.129. The topological polar surface area (TPSA) is 32.3 Å². The van der Waals surface area contributed by atoms with E-state index in [1.165, 1.54) is 25.7 Å². The average Bonchev–Trinajstić information content (AvgIpc) is 2.24. The molecule has 0 aliphatic carbocycles. The Morgan fingerprint density at radius 3 is 2.65 bits per heavy atom. The van der Waals surface area contributed by atoms with E-state index < -0.39 is 0 Å². The summed E-state index contributed by atoms with van der Waals surface area (Å²) in [6.45, 7) is 10.5. The van der Waals surface area contributed by atoms with Gasteiger partial charge in [0.15, 0.2) is 0 Å². The van der Waals surface area contributed by atoms with Crippen molar-refractivity contribution >= 4 is 5.91 Å². The molecule has 0 aromatic carbocycles. The molecule has 1 aliphatic rings. The molecule has 100 valence electrons. The lowest BCUT2D eigenvalue weighted by Gasteiger charge is -2.36. The van der Waals surface area contributed by atoms with Gasteiger partial charge in [0.05, 0.1) is 6.04 Å². The quantitative estimate of drug-likeness (QED) is 0.819. The first-order chi connectivity index (χ1) is 7.94. The number of carbonyl (C=O) groups is 1. The van der Waals surface area contributed by atoms with E-state index in [0.29, 0.717) is 0 Å². The van der Waals surface area contributed by atoms with Crippen LogP contribution in [0.4, 0.5) is 0 Å². The van der Waals surface area contributed by atoms with Crippen molar-refractivity contribution in [3.8, 4) is 0 Å². The van der Waals surface area contributed by atoms with Crippen LogP contribution >= 0.6 is 0 Å². The SMILES string of the molecule is CCCCN1CCCC[C@@H]1C(=O)NC(C)(C)C. The zero-order valence-electron chi connectivity index (χ0n) is 11.9. The summed E-state index contributed by atoms with van der Waals surface area (Å²) in [4.78, 5) is 14.6. The number of nitrogens with zero attached hydrogens (tertiary/aromatic N) is 1. The summed E-state index contributed by atoms with van der Waals surface area (Å²) >= 11 is 0. The predicted molar refractivity (Wildman–Crippen MR) is 72.0 cm³/mol. The van der Waals surface area contributed by atoms with E-state index in [0.717, 1.165) is 19.5 Å². The molecule has 0 aromatic heterocycles. The van der Waals surface area contributed by atoms with E-state index in [4.69, 9.17) is 0 Å². The molecule has 17 heavy (non-hydrogen) atoms. The van der Waals surface area contributed by atoms with Crippen LogP contribution in [0.15, 0.2) is 0 Å². The summed E-state index contributed by atoms with van der Waals surface area (Å²) in [5, 5.41) is 3.11. The maximum Gasteiger partial charge on any atom is 0.237 e. The summed E-state index contributed by atoms with van der Waals surface area (Å²) < 4.78 is 0. The number of unbranched alkanes of at least 4 members (excludes halogenated alkanes) is 1. The third-order valence-corrected chi connectivity index (χ3v) is 3.21. The minimum absolute atomic E-state index is 0.106. The third kappa shape index (κ3) is 5.07. The smallest absolute Gasteiger partial charge is 0.237 e. The lowest BCUT2D eigenvalue weighted by atomic mass is 9.99. The molecule has 0 spiro atoms. The Bertz CT molecular complexity index is 245. The van der Waals surface area contributed by atoms with Crippen LogP contribution < -0.4 is 5.32 Å². The van der Waals surface area contributed by atoms with Crippen LogP contribution in [-0.4, -0.2) is 35.5 Å². The highest BCUT2D eigenvalue weighted by atomic mass is 16.2. The monoisotopic (exact) mass is 240 g/mol. The molecule has 0 bridgehead atoms. The van der Waals surface area contributed by atoms with E-state index in [2.05, 4.69) is 17.1 Å². The van der Waals surface area contributed by atoms with E-state index in [-0.39, 0.29) is 17.5 Å². The standard InChI is InChI=1S/C14H28N2O/c1-5-6-10-16-11-8-7-9-12(16)13(17)15-14(2,3)4/h12H,5-11H2,1-4H3,(H,15,17)/t12-/m1/s1. The van der Waals surface area contributed by atoms with Crippen molar-refractivity contribution in [2.24, 2.45) is 0 Å². The van der Waals surface area contributed by atoms with Crippen molar-refractivity contribution in [1.82, 2.24) is 10.2 Å². The van der Waals surface area contributed by atoms with Crippen molar-refractivity contribution in [3.05, 3.63) is 0 Å². The average molecular weight is 240 g/mol. The van der Waals surface area contributed by atoms with Crippen molar-refractivity contribution in [2.45, 2.75) is 71.4 Å². The largest absolute Gasteiger partial charge is 0.350 e. The van der Waals surface area contributed by atoms with Gasteiger partial charge in [-0.05, 0) is 53.1 Å². The summed E-state index contributed by atoms with van der Waals surface area (Å²) in [5.74, 6) is 0.216. The number of hydrogen-bond donors (Lipinski definition) is 1. The normalized spacial score (nSPS) is 22.5. The molecular formula is C14H28N2O. The van der Waals surface area contributed by atoms with Gasteiger partial charge < -0.3 is 5.32 Å². The van der Waals surface area contributed by atoms with Gasteiger partial charge in [0.25, 0.3) is 0 Å². The Kier molecular flexibility index (Phi) is 5.44. The van der Waals surface area contributed by atoms with Gasteiger partial charge in [-0.1, -0.05) is 19.8 Å². The molecule has 1 aliphatic heterocycles. The molecule has 0 saturated carbocycles. The molecule has 0 radical (unpaired) electrons. The highest BCUT2D eigenvalue weighted by Gasteiger charge is 2.29. The Morgan fingerprint density at radius 1 is 1.35 bits per heavy atom. The molecule has 0 aromatic rings. The van der Waals surface area contributed by atoms with Gasteiger partial charge >= 0.3 is 0 Å². The minimum Gasteiger partial charge on any atom is -0.350 e. The highest BCUT2D eigenvalue weighted by Crippen LogP contribution is 2.18. The predicted octanol–water partition coefficient (Wildman–Crippen LogP) is 2.56. The molecule has 1 amide bonds. The molecule has 1 N–H and O–H groups in total. The number of amides is 1. The third-order valence-electron chi connectivity index (χ3n) is 3.21. The molecular weight excluding hydrogens is 212 g/mol. The van der Waals surface area contributed by atoms with Gasteiger partial charge in [0, 0.05) is 5.54 Å². The van der Waals surface area contributed by atoms with Gasteiger partial charge in [-0.2, -0.15) is 0 Å². The van der Waals surface area contributed by atoms with E-state index in [1.807, 2.05) is 20.8 Å². The second-order valence-electron chi connectivity index (χ2n) is 6.14. The zero-order valence-corrected chi connectivity index (χ0v) is 11.9. The number of carbonyl (C=O) groups excluding carboxylic acids is 1. The van der Waals surface area contributed by atoms with E-state index >= 15 is 0 Å². The molecule has 1 saturated heterocycles. The summed E-state index contributed by atoms with van der Waals surface area (Å²) in [7, 11) is 0. The molecule has 0 unspecified atom stereocenters. The van der Waals surface area contributed by atoms with Crippen molar-refractivity contribution in [3.63, 3.8) is 0 Å². The van der Waals surface area contributed by atoms with Crippen LogP contribution in [0.3, 0.4) is 0 Å². The Balaban J connectivity index is 2.54. The second-order valence-corrected chi connectivity index (χ2v) is 6.14. The first-order valence-corrected chi connectivity index (χ1v) is 7.00. The molecule has 1 atom stereocenters. The number of piperidine rings is 1. The van der Waals surface area contributed by atoms with E-state index in [9.17, 15) is 4.79 Å². The molecule has 1 rings (SSSR count). The van der Waals surface area contributed by atoms with Crippen LogP contribution in [0.2, 0.25) is 0 Å². The lowest BCUT2D eigenvalue weighted by Crippen LogP contribution is -2.53. The Morgan fingerprint density at radius 2 is 2.06 bits per heavy atom. The van der Waals surface area contributed by atoms with Crippen LogP contribution in [0.5, 0.6) is 0 Å². The van der Waals surface area contributed by atoms with Gasteiger partial charge in [0.1, 0.15) is 0 Å². The molecule has 3 heteroatoms. The molecule has 1 fully saturated rings. The second kappa shape index (κ2) is 6.39. The summed E-state index contributed by atoms with van der Waals surface area (Å²) in [5.41, 5.74) is -0.120. The number of hydrogen-bond acceptors (Lipinski definition) is 2. The van der Waals surface area contributed by atoms with Crippen molar-refractivity contribution in [2.75, 3.05) is 13.1 Å². The van der Waals surface area contributed by atoms with Crippen LogP contribution in [0.25, 0.3) is 0 Å². The highest BCUT2D eigenvalue weighted by molar-refractivity contribution is 5.82. The number of nitrogens with one attached hydrogen (secondary N) is 1. The fraction of sp³-hybridized carbons (Fsp3) is 0.929. The van der Waals surface area contributed by atoms with Gasteiger partial charge in [0.2, 0.25) is 5.91 Å². The minimum atomic E-state index is -0.120. The first-order valence-electron chi connectivity index (χ1n) is 7.00. The van der Waals surface area contributed by atoms with Crippen LogP contribution in [-0.2, 0) is 4.79 Å². The number of rotatable bonds is 4. The van der Waals surface area contributed by atoms with E-state index in [1.54, 1.807) is 0 Å². The first kappa shape index (κ1) is 14.5. The molecule has 3 nitrogen and oxygen atoms in total. The maximum atomic E-state index is 12.2. The summed E-state index contributed by atoms with van der Waals surface area (Å²) in [6, 6.07) is 0.106. The summed E-state index contributed by atoms with van der Waals surface area (Å²) in [6.07, 6.45) is 5.84. The number of likely N-dealkylation sites (tertiary alicyclic amines) is 1.